The van der Waals surface area contributed by atoms with E-state index < -0.39 is 0 Å². The minimum Gasteiger partial charge on any atom is -0.344 e. The molecular formula is C14H24N4O. The van der Waals surface area contributed by atoms with Gasteiger partial charge in [-0.25, -0.2) is 4.98 Å². The fourth-order valence-electron chi connectivity index (χ4n) is 2.73. The predicted molar refractivity (Wildman–Crippen MR) is 74.8 cm³/mol. The third-order valence-electron chi connectivity index (χ3n) is 4.01. The number of carbonyl (C=O) groups excluding carboxylic acids is 1. The molecule has 1 aliphatic rings. The fourth-order valence-corrected chi connectivity index (χ4v) is 2.73. The van der Waals surface area contributed by atoms with Gasteiger partial charge in [-0.1, -0.05) is 0 Å². The molecule has 0 fully saturated rings. The van der Waals surface area contributed by atoms with Crippen LogP contribution < -0.4 is 0 Å². The van der Waals surface area contributed by atoms with Crippen molar-refractivity contribution in [2.24, 2.45) is 7.05 Å². The van der Waals surface area contributed by atoms with Crippen molar-refractivity contribution in [3.8, 4) is 0 Å². The van der Waals surface area contributed by atoms with Crippen LogP contribution in [-0.2, 0) is 18.3 Å². The summed E-state index contributed by atoms with van der Waals surface area (Å²) in [5.74, 6) is 0.167. The maximum atomic E-state index is 12.7. The number of nitrogens with zero attached hydrogens (tertiary/aromatic N) is 4. The number of fused-ring (bicyclic) bond motifs is 1. The summed E-state index contributed by atoms with van der Waals surface area (Å²) < 4.78 is 2.00. The Hall–Kier alpha value is -1.36. The molecule has 1 atom stereocenters. The summed E-state index contributed by atoms with van der Waals surface area (Å²) in [6, 6.07) is 0.156. The van der Waals surface area contributed by atoms with E-state index in [0.29, 0.717) is 6.04 Å². The lowest BCUT2D eigenvalue weighted by Crippen LogP contribution is -2.48. The highest BCUT2D eigenvalue weighted by Crippen LogP contribution is 2.31. The van der Waals surface area contributed by atoms with Crippen LogP contribution in [0.5, 0.6) is 0 Å². The number of amides is 1. The molecule has 5 heteroatoms. The summed E-state index contributed by atoms with van der Waals surface area (Å²) in [4.78, 5) is 21.2. The zero-order valence-electron chi connectivity index (χ0n) is 12.6. The summed E-state index contributed by atoms with van der Waals surface area (Å²) in [7, 11) is 3.84. The first-order valence-corrected chi connectivity index (χ1v) is 6.98. The third kappa shape index (κ3) is 2.39. The standard InChI is InChI=1S/C14H24N4O/c1-6-16(4)14(19)13-12-11(15-9-17(12)5)7-8-18(13)10(2)3/h9-10,13H,6-8H2,1-5H3/t13-/m1/s1. The van der Waals surface area contributed by atoms with Crippen molar-refractivity contribution in [3.05, 3.63) is 17.7 Å². The van der Waals surface area contributed by atoms with Gasteiger partial charge < -0.3 is 9.47 Å². The number of hydrogen-bond donors (Lipinski definition) is 0. The quantitative estimate of drug-likeness (QED) is 0.824. The van der Waals surface area contributed by atoms with Gasteiger partial charge in [-0.05, 0) is 20.8 Å². The lowest BCUT2D eigenvalue weighted by Gasteiger charge is -2.39. The Morgan fingerprint density at radius 2 is 2.26 bits per heavy atom. The molecule has 0 saturated heterocycles. The molecule has 5 nitrogen and oxygen atoms in total. The summed E-state index contributed by atoms with van der Waals surface area (Å²) >= 11 is 0. The number of aromatic nitrogens is 2. The molecule has 0 spiro atoms. The van der Waals surface area contributed by atoms with Crippen molar-refractivity contribution in [2.45, 2.75) is 39.3 Å². The Bertz CT molecular complexity index is 466. The van der Waals surface area contributed by atoms with Crippen LogP contribution in [0.4, 0.5) is 0 Å². The normalized spacial score (nSPS) is 19.6. The minimum absolute atomic E-state index is 0.167. The topological polar surface area (TPSA) is 41.4 Å². The highest BCUT2D eigenvalue weighted by molar-refractivity contribution is 5.83. The van der Waals surface area contributed by atoms with E-state index in [9.17, 15) is 4.79 Å². The van der Waals surface area contributed by atoms with Gasteiger partial charge in [-0.15, -0.1) is 0 Å². The van der Waals surface area contributed by atoms with Crippen LogP contribution >= 0.6 is 0 Å². The number of hydrogen-bond acceptors (Lipinski definition) is 3. The molecule has 0 N–H and O–H groups in total. The monoisotopic (exact) mass is 264 g/mol. The summed E-state index contributed by atoms with van der Waals surface area (Å²) in [6.07, 6.45) is 2.74. The molecule has 1 aliphatic heterocycles. The predicted octanol–water partition coefficient (Wildman–Crippen LogP) is 1.21. The molecule has 0 aliphatic carbocycles. The molecule has 0 aromatic carbocycles. The van der Waals surface area contributed by atoms with E-state index in [1.54, 1.807) is 4.90 Å². The molecule has 0 saturated carbocycles. The van der Waals surface area contributed by atoms with E-state index in [0.717, 1.165) is 30.9 Å². The molecule has 2 rings (SSSR count). The van der Waals surface area contributed by atoms with Gasteiger partial charge in [0.25, 0.3) is 0 Å². The average molecular weight is 264 g/mol. The molecule has 0 radical (unpaired) electrons. The van der Waals surface area contributed by atoms with Crippen LogP contribution in [0.15, 0.2) is 6.33 Å². The van der Waals surface area contributed by atoms with Crippen LogP contribution in [0.3, 0.4) is 0 Å². The first-order chi connectivity index (χ1) is 8.97. The zero-order chi connectivity index (χ0) is 14.2. The van der Waals surface area contributed by atoms with Crippen molar-refractivity contribution in [1.82, 2.24) is 19.4 Å². The van der Waals surface area contributed by atoms with Crippen LogP contribution in [0.1, 0.15) is 38.2 Å². The van der Waals surface area contributed by atoms with Crippen molar-refractivity contribution in [1.29, 1.82) is 0 Å². The molecule has 1 amide bonds. The van der Waals surface area contributed by atoms with E-state index in [2.05, 4.69) is 23.7 Å². The smallest absolute Gasteiger partial charge is 0.245 e. The number of rotatable bonds is 3. The second-order valence-corrected chi connectivity index (χ2v) is 5.52. The van der Waals surface area contributed by atoms with E-state index >= 15 is 0 Å². The van der Waals surface area contributed by atoms with Gasteiger partial charge in [-0.3, -0.25) is 9.69 Å². The second-order valence-electron chi connectivity index (χ2n) is 5.52. The minimum atomic E-state index is -0.193. The third-order valence-corrected chi connectivity index (χ3v) is 4.01. The molecule has 0 unspecified atom stereocenters. The van der Waals surface area contributed by atoms with Crippen LogP contribution in [0.25, 0.3) is 0 Å². The Morgan fingerprint density at radius 1 is 1.58 bits per heavy atom. The Labute approximate surface area is 115 Å². The summed E-state index contributed by atoms with van der Waals surface area (Å²) in [5, 5.41) is 0. The van der Waals surface area contributed by atoms with Gasteiger partial charge in [-0.2, -0.15) is 0 Å². The van der Waals surface area contributed by atoms with Crippen molar-refractivity contribution in [2.75, 3.05) is 20.1 Å². The van der Waals surface area contributed by atoms with Crippen molar-refractivity contribution in [3.63, 3.8) is 0 Å². The van der Waals surface area contributed by atoms with Gasteiger partial charge in [0.1, 0.15) is 6.04 Å². The molecule has 19 heavy (non-hydrogen) atoms. The van der Waals surface area contributed by atoms with Gasteiger partial charge in [0, 0.05) is 39.6 Å². The second kappa shape index (κ2) is 5.33. The largest absolute Gasteiger partial charge is 0.344 e. The molecule has 106 valence electrons. The van der Waals surface area contributed by atoms with Crippen molar-refractivity contribution < 1.29 is 4.79 Å². The van der Waals surface area contributed by atoms with Gasteiger partial charge in [0.05, 0.1) is 17.7 Å². The van der Waals surface area contributed by atoms with E-state index in [4.69, 9.17) is 0 Å². The average Bonchev–Trinajstić information content (AvgIpc) is 2.77. The van der Waals surface area contributed by atoms with Gasteiger partial charge >= 0.3 is 0 Å². The lowest BCUT2D eigenvalue weighted by atomic mass is 9.99. The molecular weight excluding hydrogens is 240 g/mol. The Kier molecular flexibility index (Phi) is 3.94. The van der Waals surface area contributed by atoms with Crippen LogP contribution in [0, 0.1) is 0 Å². The SMILES string of the molecule is CCN(C)C(=O)[C@H]1c2c(ncn2C)CCN1C(C)C. The number of aryl methyl sites for hydroxylation is 1. The first-order valence-electron chi connectivity index (χ1n) is 6.98. The maximum absolute atomic E-state index is 12.7. The van der Waals surface area contributed by atoms with Crippen LogP contribution in [-0.4, -0.2) is 51.4 Å². The van der Waals surface area contributed by atoms with Crippen molar-refractivity contribution >= 4 is 5.91 Å². The summed E-state index contributed by atoms with van der Waals surface area (Å²) in [6.45, 7) is 7.93. The number of likely N-dealkylation sites (N-methyl/N-ethyl adjacent to an activating group) is 1. The Morgan fingerprint density at radius 3 is 2.84 bits per heavy atom. The first kappa shape index (κ1) is 14.1. The highest BCUT2D eigenvalue weighted by atomic mass is 16.2. The number of carbonyl (C=O) groups is 1. The zero-order valence-corrected chi connectivity index (χ0v) is 12.6. The van der Waals surface area contributed by atoms with Gasteiger partial charge in [0.2, 0.25) is 5.91 Å². The molecule has 2 heterocycles. The summed E-state index contributed by atoms with van der Waals surface area (Å²) in [5.41, 5.74) is 2.13. The van der Waals surface area contributed by atoms with E-state index in [-0.39, 0.29) is 11.9 Å². The van der Waals surface area contributed by atoms with E-state index in [1.165, 1.54) is 0 Å². The number of imidazole rings is 1. The lowest BCUT2D eigenvalue weighted by molar-refractivity contribution is -0.137. The fraction of sp³-hybridized carbons (Fsp3) is 0.714. The Balaban J connectivity index is 2.43. The van der Waals surface area contributed by atoms with E-state index in [1.807, 2.05) is 31.9 Å². The molecule has 1 aromatic rings. The molecule has 0 bridgehead atoms. The van der Waals surface area contributed by atoms with Gasteiger partial charge in [0.15, 0.2) is 0 Å². The molecule has 1 aromatic heterocycles. The highest BCUT2D eigenvalue weighted by Gasteiger charge is 2.38. The van der Waals surface area contributed by atoms with Crippen LogP contribution in [0.2, 0.25) is 0 Å². The maximum Gasteiger partial charge on any atom is 0.245 e.